The van der Waals surface area contributed by atoms with Crippen LogP contribution in [0.15, 0.2) is 18.2 Å². The number of benzene rings is 1. The molecule has 0 fully saturated rings. The summed E-state index contributed by atoms with van der Waals surface area (Å²) in [6, 6.07) is 5.98. The van der Waals surface area contributed by atoms with Gasteiger partial charge in [0, 0.05) is 15.7 Å². The Morgan fingerprint density at radius 1 is 1.53 bits per heavy atom. The molecule has 0 aliphatic rings. The molecule has 0 aliphatic heterocycles. The Kier molecular flexibility index (Phi) is 5.91. The molecule has 3 N–H and O–H groups in total. The minimum absolute atomic E-state index is 0.0478. The fourth-order valence-corrected chi connectivity index (χ4v) is 2.27. The maximum atomic E-state index is 11.8. The van der Waals surface area contributed by atoms with E-state index in [9.17, 15) is 4.79 Å². The molecule has 0 radical (unpaired) electrons. The molecule has 1 aromatic rings. The lowest BCUT2D eigenvalue weighted by molar-refractivity contribution is -0.117. The summed E-state index contributed by atoms with van der Waals surface area (Å²) >= 11 is 2.26. The second-order valence-electron chi connectivity index (χ2n) is 4.22. The van der Waals surface area contributed by atoms with E-state index < -0.39 is 0 Å². The molecule has 1 amide bonds. The number of nitrogens with two attached hydrogens (primary N) is 1. The Morgan fingerprint density at radius 2 is 2.24 bits per heavy atom. The van der Waals surface area contributed by atoms with Gasteiger partial charge in [-0.15, -0.1) is 0 Å². The zero-order chi connectivity index (χ0) is 12.8. The van der Waals surface area contributed by atoms with E-state index in [0.29, 0.717) is 13.0 Å². The van der Waals surface area contributed by atoms with Crippen molar-refractivity contribution in [2.75, 3.05) is 11.9 Å². The van der Waals surface area contributed by atoms with Crippen molar-refractivity contribution in [3.8, 4) is 0 Å². The van der Waals surface area contributed by atoms with E-state index in [-0.39, 0.29) is 11.8 Å². The van der Waals surface area contributed by atoms with Crippen LogP contribution in [0.3, 0.4) is 0 Å². The summed E-state index contributed by atoms with van der Waals surface area (Å²) in [5.74, 6) is 0.325. The number of amides is 1. The quantitative estimate of drug-likeness (QED) is 0.806. The molecule has 94 valence electrons. The normalized spacial score (nSPS) is 12.2. The van der Waals surface area contributed by atoms with Gasteiger partial charge in [-0.3, -0.25) is 4.79 Å². The number of hydrogen-bond donors (Lipinski definition) is 2. The average molecular weight is 346 g/mol. The standard InChI is InChI=1S/C13H19IN2O/c1-3-10(8-15)7-13(17)16-12-5-4-11(14)6-9(12)2/h4-6,10H,3,7-8,15H2,1-2H3,(H,16,17). The van der Waals surface area contributed by atoms with E-state index in [4.69, 9.17) is 5.73 Å². The van der Waals surface area contributed by atoms with Crippen LogP contribution < -0.4 is 11.1 Å². The summed E-state index contributed by atoms with van der Waals surface area (Å²) in [7, 11) is 0. The first kappa shape index (κ1) is 14.4. The van der Waals surface area contributed by atoms with Gasteiger partial charge < -0.3 is 11.1 Å². The fourth-order valence-electron chi connectivity index (χ4n) is 1.63. The zero-order valence-corrected chi connectivity index (χ0v) is 12.5. The summed E-state index contributed by atoms with van der Waals surface area (Å²) in [6.07, 6.45) is 1.44. The highest BCUT2D eigenvalue weighted by Crippen LogP contribution is 2.18. The van der Waals surface area contributed by atoms with Crippen LogP contribution in [0.4, 0.5) is 5.69 Å². The molecule has 3 nitrogen and oxygen atoms in total. The number of hydrogen-bond acceptors (Lipinski definition) is 2. The lowest BCUT2D eigenvalue weighted by atomic mass is 10.0. The summed E-state index contributed by atoms with van der Waals surface area (Å²) in [6.45, 7) is 4.62. The monoisotopic (exact) mass is 346 g/mol. The van der Waals surface area contributed by atoms with Crippen LogP contribution >= 0.6 is 22.6 Å². The first-order valence-corrected chi connectivity index (χ1v) is 6.90. The Balaban J connectivity index is 2.62. The third-order valence-electron chi connectivity index (χ3n) is 2.85. The number of rotatable bonds is 5. The van der Waals surface area contributed by atoms with Gasteiger partial charge in [-0.25, -0.2) is 0 Å². The molecule has 0 saturated carbocycles. The molecule has 1 unspecified atom stereocenters. The van der Waals surface area contributed by atoms with Gasteiger partial charge in [-0.05, 0) is 65.7 Å². The lowest BCUT2D eigenvalue weighted by Gasteiger charge is -2.13. The van der Waals surface area contributed by atoms with Gasteiger partial charge in [0.05, 0.1) is 0 Å². The van der Waals surface area contributed by atoms with Crippen LogP contribution in [0.2, 0.25) is 0 Å². The van der Waals surface area contributed by atoms with Crippen molar-refractivity contribution in [2.24, 2.45) is 11.7 Å². The molecule has 0 saturated heterocycles. The molecule has 4 heteroatoms. The molecule has 0 bridgehead atoms. The number of nitrogens with one attached hydrogen (secondary N) is 1. The zero-order valence-electron chi connectivity index (χ0n) is 10.3. The predicted octanol–water partition coefficient (Wildman–Crippen LogP) is 2.91. The lowest BCUT2D eigenvalue weighted by Crippen LogP contribution is -2.22. The Labute approximate surface area is 116 Å². The summed E-state index contributed by atoms with van der Waals surface area (Å²) in [4.78, 5) is 11.8. The van der Waals surface area contributed by atoms with E-state index in [1.165, 1.54) is 3.57 Å². The van der Waals surface area contributed by atoms with Crippen molar-refractivity contribution in [3.05, 3.63) is 27.3 Å². The summed E-state index contributed by atoms with van der Waals surface area (Å²) in [5, 5.41) is 2.94. The SMILES string of the molecule is CCC(CN)CC(=O)Nc1ccc(I)cc1C. The maximum Gasteiger partial charge on any atom is 0.224 e. The van der Waals surface area contributed by atoms with Crippen LogP contribution in [-0.4, -0.2) is 12.5 Å². The van der Waals surface area contributed by atoms with Crippen LogP contribution in [0.5, 0.6) is 0 Å². The molecule has 1 atom stereocenters. The van der Waals surface area contributed by atoms with Crippen molar-refractivity contribution in [2.45, 2.75) is 26.7 Å². The van der Waals surface area contributed by atoms with Crippen molar-refractivity contribution in [1.29, 1.82) is 0 Å². The Hall–Kier alpha value is -0.620. The van der Waals surface area contributed by atoms with Gasteiger partial charge in [0.1, 0.15) is 0 Å². The minimum atomic E-state index is 0.0478. The molecule has 0 heterocycles. The van der Waals surface area contributed by atoms with Crippen molar-refractivity contribution in [3.63, 3.8) is 0 Å². The molecule has 0 aliphatic carbocycles. The second-order valence-corrected chi connectivity index (χ2v) is 5.47. The number of carbonyl (C=O) groups excluding carboxylic acids is 1. The maximum absolute atomic E-state index is 11.8. The molecular formula is C13H19IN2O. The van der Waals surface area contributed by atoms with Gasteiger partial charge in [0.25, 0.3) is 0 Å². The average Bonchev–Trinajstić information content (AvgIpc) is 2.29. The van der Waals surface area contributed by atoms with Crippen LogP contribution in [0.25, 0.3) is 0 Å². The predicted molar refractivity (Wildman–Crippen MR) is 80.0 cm³/mol. The molecule has 1 aromatic carbocycles. The highest BCUT2D eigenvalue weighted by atomic mass is 127. The number of aryl methyl sites for hydroxylation is 1. The van der Waals surface area contributed by atoms with E-state index in [0.717, 1.165) is 17.7 Å². The third-order valence-corrected chi connectivity index (χ3v) is 3.52. The molecule has 0 aromatic heterocycles. The van der Waals surface area contributed by atoms with E-state index >= 15 is 0 Å². The first-order valence-electron chi connectivity index (χ1n) is 5.82. The smallest absolute Gasteiger partial charge is 0.224 e. The van der Waals surface area contributed by atoms with E-state index in [1.54, 1.807) is 0 Å². The Bertz CT molecular complexity index is 389. The third kappa shape index (κ3) is 4.63. The highest BCUT2D eigenvalue weighted by Gasteiger charge is 2.11. The molecular weight excluding hydrogens is 327 g/mol. The second kappa shape index (κ2) is 6.96. The van der Waals surface area contributed by atoms with Crippen molar-refractivity contribution >= 4 is 34.2 Å². The highest BCUT2D eigenvalue weighted by molar-refractivity contribution is 14.1. The number of carbonyl (C=O) groups is 1. The van der Waals surface area contributed by atoms with Gasteiger partial charge >= 0.3 is 0 Å². The summed E-state index contributed by atoms with van der Waals surface area (Å²) < 4.78 is 1.17. The molecule has 0 spiro atoms. The van der Waals surface area contributed by atoms with Crippen molar-refractivity contribution in [1.82, 2.24) is 0 Å². The van der Waals surface area contributed by atoms with Crippen LogP contribution in [0, 0.1) is 16.4 Å². The van der Waals surface area contributed by atoms with Gasteiger partial charge in [-0.2, -0.15) is 0 Å². The number of anilines is 1. The Morgan fingerprint density at radius 3 is 2.76 bits per heavy atom. The van der Waals surface area contributed by atoms with E-state index in [2.05, 4.69) is 40.9 Å². The van der Waals surface area contributed by atoms with Crippen LogP contribution in [0.1, 0.15) is 25.3 Å². The molecule has 1 rings (SSSR count). The van der Waals surface area contributed by atoms with Gasteiger partial charge in [-0.1, -0.05) is 13.3 Å². The molecule has 17 heavy (non-hydrogen) atoms. The van der Waals surface area contributed by atoms with Gasteiger partial charge in [0.15, 0.2) is 0 Å². The topological polar surface area (TPSA) is 55.1 Å². The largest absolute Gasteiger partial charge is 0.330 e. The van der Waals surface area contributed by atoms with Gasteiger partial charge in [0.2, 0.25) is 5.91 Å². The van der Waals surface area contributed by atoms with Crippen LogP contribution in [-0.2, 0) is 4.79 Å². The van der Waals surface area contributed by atoms with Crippen molar-refractivity contribution < 1.29 is 4.79 Å². The first-order chi connectivity index (χ1) is 8.06. The summed E-state index contributed by atoms with van der Waals surface area (Å²) in [5.41, 5.74) is 7.57. The van der Waals surface area contributed by atoms with E-state index in [1.807, 2.05) is 19.1 Å². The fraction of sp³-hybridized carbons (Fsp3) is 0.462. The minimum Gasteiger partial charge on any atom is -0.330 e. The number of halogens is 1.